The van der Waals surface area contributed by atoms with Crippen molar-refractivity contribution in [2.75, 3.05) is 23.9 Å². The van der Waals surface area contributed by atoms with E-state index in [-0.39, 0.29) is 10.8 Å². The summed E-state index contributed by atoms with van der Waals surface area (Å²) in [6.45, 7) is 4.35. The number of anilines is 1. The molecule has 0 bridgehead atoms. The van der Waals surface area contributed by atoms with Gasteiger partial charge in [0.25, 0.3) is 10.0 Å². The van der Waals surface area contributed by atoms with E-state index in [2.05, 4.69) is 15.0 Å². The lowest BCUT2D eigenvalue weighted by Gasteiger charge is -2.15. The summed E-state index contributed by atoms with van der Waals surface area (Å²) in [4.78, 5) is 3.95. The molecule has 0 aliphatic carbocycles. The number of aromatic nitrogens is 1. The van der Waals surface area contributed by atoms with E-state index < -0.39 is 26.9 Å². The Hall–Kier alpha value is -0.990. The molecule has 0 saturated heterocycles. The van der Waals surface area contributed by atoms with Gasteiger partial charge in [-0.2, -0.15) is 0 Å². The van der Waals surface area contributed by atoms with Gasteiger partial charge in [0.05, 0.1) is 5.69 Å². The number of pyridine rings is 1. The number of nitrogens with zero attached hydrogens (tertiary/aromatic N) is 1. The smallest absolute Gasteiger partial charge is 0.260 e. The van der Waals surface area contributed by atoms with Crippen LogP contribution in [0.3, 0.4) is 0 Å². The van der Waals surface area contributed by atoms with Crippen molar-refractivity contribution in [3.63, 3.8) is 0 Å². The summed E-state index contributed by atoms with van der Waals surface area (Å²) in [5, 5.41) is 3.02. The van der Waals surface area contributed by atoms with Crippen LogP contribution >= 0.6 is 0 Å². The highest BCUT2D eigenvalue weighted by molar-refractivity contribution is 7.89. The van der Waals surface area contributed by atoms with Crippen molar-refractivity contribution in [3.8, 4) is 0 Å². The highest BCUT2D eigenvalue weighted by Crippen LogP contribution is 2.18. The second-order valence-electron chi connectivity index (χ2n) is 4.55. The summed E-state index contributed by atoms with van der Waals surface area (Å²) in [5.74, 6) is 0.268. The number of sulfonamides is 1. The standard InChI is InChI=1S/C12H21N3O3S2/c1-4-7-13-11-6-5-8-14-12(11)20(17,18)15-10(2)9-19(3)16/h5-6,8,10,13,15H,4,7,9H2,1-3H3. The van der Waals surface area contributed by atoms with Gasteiger partial charge in [0.15, 0.2) is 5.03 Å². The Labute approximate surface area is 122 Å². The van der Waals surface area contributed by atoms with Crippen LogP contribution < -0.4 is 10.0 Å². The Morgan fingerprint density at radius 2 is 2.15 bits per heavy atom. The van der Waals surface area contributed by atoms with Crippen molar-refractivity contribution in [2.24, 2.45) is 0 Å². The molecule has 0 spiro atoms. The maximum absolute atomic E-state index is 12.3. The first kappa shape index (κ1) is 17.1. The third-order valence-corrected chi connectivity index (χ3v) is 4.95. The summed E-state index contributed by atoms with van der Waals surface area (Å²) >= 11 is 0. The quantitative estimate of drug-likeness (QED) is 0.745. The van der Waals surface area contributed by atoms with Gasteiger partial charge >= 0.3 is 0 Å². The van der Waals surface area contributed by atoms with Gasteiger partial charge in [-0.1, -0.05) is 6.92 Å². The monoisotopic (exact) mass is 319 g/mol. The zero-order valence-electron chi connectivity index (χ0n) is 11.9. The molecule has 2 N–H and O–H groups in total. The minimum atomic E-state index is -3.72. The van der Waals surface area contributed by atoms with Gasteiger partial charge in [0.2, 0.25) is 0 Å². The Morgan fingerprint density at radius 3 is 2.75 bits per heavy atom. The Balaban J connectivity index is 2.94. The zero-order valence-corrected chi connectivity index (χ0v) is 13.6. The summed E-state index contributed by atoms with van der Waals surface area (Å²) in [5.41, 5.74) is 0.478. The normalized spacial score (nSPS) is 14.8. The highest BCUT2D eigenvalue weighted by atomic mass is 32.2. The molecular formula is C12H21N3O3S2. The summed E-state index contributed by atoms with van der Waals surface area (Å²) < 4.78 is 38.2. The molecule has 1 heterocycles. The molecule has 0 saturated carbocycles. The molecule has 114 valence electrons. The Bertz CT molecular complexity index is 561. The van der Waals surface area contributed by atoms with E-state index in [0.29, 0.717) is 12.2 Å². The molecule has 6 nitrogen and oxygen atoms in total. The van der Waals surface area contributed by atoms with Gasteiger partial charge in [-0.3, -0.25) is 4.21 Å². The average molecular weight is 319 g/mol. The first-order chi connectivity index (χ1) is 9.36. The molecule has 8 heteroatoms. The van der Waals surface area contributed by atoms with Gasteiger partial charge in [0, 0.05) is 41.6 Å². The molecular weight excluding hydrogens is 298 g/mol. The summed E-state index contributed by atoms with van der Waals surface area (Å²) in [6, 6.07) is 2.95. The molecule has 0 aromatic carbocycles. The molecule has 1 aromatic rings. The van der Waals surface area contributed by atoms with Crippen molar-refractivity contribution >= 4 is 26.5 Å². The number of nitrogens with one attached hydrogen (secondary N) is 2. The van der Waals surface area contributed by atoms with Crippen LogP contribution in [0.25, 0.3) is 0 Å². The van der Waals surface area contributed by atoms with Crippen molar-refractivity contribution < 1.29 is 12.6 Å². The van der Waals surface area contributed by atoms with Crippen LogP contribution in [-0.4, -0.2) is 42.2 Å². The summed E-state index contributed by atoms with van der Waals surface area (Å²) in [6.07, 6.45) is 3.86. The maximum atomic E-state index is 12.3. The molecule has 1 rings (SSSR count). The SMILES string of the molecule is CCCNc1cccnc1S(=O)(=O)NC(C)CS(C)=O. The second-order valence-corrected chi connectivity index (χ2v) is 7.65. The van der Waals surface area contributed by atoms with E-state index in [0.717, 1.165) is 6.42 Å². The topological polar surface area (TPSA) is 88.2 Å². The lowest BCUT2D eigenvalue weighted by Crippen LogP contribution is -2.36. The van der Waals surface area contributed by atoms with E-state index in [1.807, 2.05) is 6.92 Å². The molecule has 0 aliphatic rings. The van der Waals surface area contributed by atoms with Crippen LogP contribution in [0.1, 0.15) is 20.3 Å². The van der Waals surface area contributed by atoms with E-state index in [4.69, 9.17) is 0 Å². The Kier molecular flexibility index (Phi) is 6.57. The first-order valence-electron chi connectivity index (χ1n) is 6.38. The van der Waals surface area contributed by atoms with Crippen molar-refractivity contribution in [1.82, 2.24) is 9.71 Å². The fourth-order valence-corrected chi connectivity index (χ4v) is 3.95. The van der Waals surface area contributed by atoms with Crippen LogP contribution in [0.5, 0.6) is 0 Å². The molecule has 2 unspecified atom stereocenters. The molecule has 20 heavy (non-hydrogen) atoms. The molecule has 0 amide bonds. The van der Waals surface area contributed by atoms with Gasteiger partial charge in [0.1, 0.15) is 0 Å². The number of hydrogen-bond donors (Lipinski definition) is 2. The van der Waals surface area contributed by atoms with Crippen LogP contribution in [0.4, 0.5) is 5.69 Å². The van der Waals surface area contributed by atoms with Crippen LogP contribution in [0.15, 0.2) is 23.4 Å². The maximum Gasteiger partial charge on any atom is 0.260 e. The summed E-state index contributed by atoms with van der Waals surface area (Å²) in [7, 11) is -4.78. The molecule has 2 atom stereocenters. The van der Waals surface area contributed by atoms with Crippen LogP contribution in [0.2, 0.25) is 0 Å². The van der Waals surface area contributed by atoms with Crippen LogP contribution in [-0.2, 0) is 20.8 Å². The van der Waals surface area contributed by atoms with Gasteiger partial charge in [-0.15, -0.1) is 0 Å². The minimum Gasteiger partial charge on any atom is -0.383 e. The molecule has 0 aliphatic heterocycles. The van der Waals surface area contributed by atoms with Crippen molar-refractivity contribution in [3.05, 3.63) is 18.3 Å². The predicted molar refractivity (Wildman–Crippen MR) is 81.7 cm³/mol. The molecule has 1 aromatic heterocycles. The Morgan fingerprint density at radius 1 is 1.45 bits per heavy atom. The predicted octanol–water partition coefficient (Wildman–Crippen LogP) is 0.949. The second kappa shape index (κ2) is 7.70. The first-order valence-corrected chi connectivity index (χ1v) is 9.59. The van der Waals surface area contributed by atoms with E-state index in [1.165, 1.54) is 6.20 Å². The van der Waals surface area contributed by atoms with Gasteiger partial charge < -0.3 is 5.32 Å². The third kappa shape index (κ3) is 5.18. The van der Waals surface area contributed by atoms with E-state index >= 15 is 0 Å². The molecule has 0 fully saturated rings. The van der Waals surface area contributed by atoms with E-state index in [9.17, 15) is 12.6 Å². The lowest BCUT2D eigenvalue weighted by molar-refractivity contribution is 0.566. The zero-order chi connectivity index (χ0) is 15.2. The fourth-order valence-electron chi connectivity index (χ4n) is 1.71. The van der Waals surface area contributed by atoms with Crippen LogP contribution in [0, 0.1) is 0 Å². The van der Waals surface area contributed by atoms with Crippen molar-refractivity contribution in [1.29, 1.82) is 0 Å². The number of rotatable bonds is 8. The number of hydrogen-bond acceptors (Lipinski definition) is 5. The van der Waals surface area contributed by atoms with Gasteiger partial charge in [-0.25, -0.2) is 18.1 Å². The third-order valence-electron chi connectivity index (χ3n) is 2.43. The lowest BCUT2D eigenvalue weighted by atomic mass is 10.4. The highest BCUT2D eigenvalue weighted by Gasteiger charge is 2.22. The molecule has 0 radical (unpaired) electrons. The average Bonchev–Trinajstić information content (AvgIpc) is 2.34. The van der Waals surface area contributed by atoms with Crippen molar-refractivity contribution in [2.45, 2.75) is 31.3 Å². The minimum absolute atomic E-state index is 0.0258. The van der Waals surface area contributed by atoms with Gasteiger partial charge in [-0.05, 0) is 25.5 Å². The fraction of sp³-hybridized carbons (Fsp3) is 0.583. The van der Waals surface area contributed by atoms with E-state index in [1.54, 1.807) is 25.3 Å². The largest absolute Gasteiger partial charge is 0.383 e.